The molecule has 0 aliphatic heterocycles. The third kappa shape index (κ3) is 3.57. The van der Waals surface area contributed by atoms with Crippen LogP contribution >= 0.6 is 11.3 Å². The van der Waals surface area contributed by atoms with E-state index in [1.54, 1.807) is 0 Å². The molecule has 23 heavy (non-hydrogen) atoms. The quantitative estimate of drug-likeness (QED) is 0.678. The van der Waals surface area contributed by atoms with Crippen molar-refractivity contribution in [3.05, 3.63) is 59.1 Å². The molecule has 118 valence electrons. The first-order valence-corrected chi connectivity index (χ1v) is 9.46. The largest absolute Gasteiger partial charge is 0.455 e. The van der Waals surface area contributed by atoms with E-state index in [1.807, 2.05) is 24.3 Å². The lowest BCUT2D eigenvalue weighted by Crippen LogP contribution is -2.06. The van der Waals surface area contributed by atoms with Gasteiger partial charge in [-0.2, -0.15) is 0 Å². The summed E-state index contributed by atoms with van der Waals surface area (Å²) < 4.78 is 29.0. The molecule has 5 nitrogen and oxygen atoms in total. The lowest BCUT2D eigenvalue weighted by Gasteiger charge is -2.03. The van der Waals surface area contributed by atoms with E-state index < -0.39 is 15.8 Å². The van der Waals surface area contributed by atoms with Crippen molar-refractivity contribution >= 4 is 37.4 Å². The number of sulfone groups is 1. The highest BCUT2D eigenvalue weighted by molar-refractivity contribution is 7.90. The minimum atomic E-state index is -3.28. The Morgan fingerprint density at radius 2 is 1.83 bits per heavy atom. The number of aromatic nitrogens is 1. The van der Waals surface area contributed by atoms with Crippen molar-refractivity contribution in [3.63, 3.8) is 0 Å². The molecule has 0 N–H and O–H groups in total. The molecule has 0 amide bonds. The molecule has 1 aromatic heterocycles. The van der Waals surface area contributed by atoms with Crippen LogP contribution in [0, 0.1) is 0 Å². The number of esters is 1. The molecule has 0 aliphatic carbocycles. The second-order valence-electron chi connectivity index (χ2n) is 4.95. The van der Waals surface area contributed by atoms with Crippen molar-refractivity contribution in [2.75, 3.05) is 6.26 Å². The predicted octanol–water partition coefficient (Wildman–Crippen LogP) is 3.06. The van der Waals surface area contributed by atoms with Gasteiger partial charge in [-0.3, -0.25) is 0 Å². The van der Waals surface area contributed by atoms with Crippen LogP contribution in [-0.2, 0) is 21.2 Å². The van der Waals surface area contributed by atoms with Crippen LogP contribution in [0.3, 0.4) is 0 Å². The summed E-state index contributed by atoms with van der Waals surface area (Å²) in [5, 5.41) is 0.715. The van der Waals surface area contributed by atoms with Gasteiger partial charge in [-0.25, -0.2) is 18.2 Å². The first-order valence-electron chi connectivity index (χ1n) is 6.75. The van der Waals surface area contributed by atoms with Gasteiger partial charge in [0.25, 0.3) is 0 Å². The molecule has 0 saturated heterocycles. The van der Waals surface area contributed by atoms with Crippen molar-refractivity contribution < 1.29 is 17.9 Å². The van der Waals surface area contributed by atoms with E-state index in [4.69, 9.17) is 4.74 Å². The van der Waals surface area contributed by atoms with Gasteiger partial charge in [0.05, 0.1) is 20.7 Å². The molecule has 3 aromatic rings. The van der Waals surface area contributed by atoms with Crippen LogP contribution in [0.1, 0.15) is 15.4 Å². The van der Waals surface area contributed by atoms with Crippen molar-refractivity contribution in [3.8, 4) is 0 Å². The Balaban J connectivity index is 1.69. The molecule has 1 heterocycles. The first kappa shape index (κ1) is 15.6. The van der Waals surface area contributed by atoms with E-state index in [-0.39, 0.29) is 11.5 Å². The minimum Gasteiger partial charge on any atom is -0.455 e. The number of benzene rings is 2. The van der Waals surface area contributed by atoms with Gasteiger partial charge < -0.3 is 4.74 Å². The van der Waals surface area contributed by atoms with Crippen molar-refractivity contribution in [2.24, 2.45) is 0 Å². The minimum absolute atomic E-state index is 0.0893. The molecular formula is C16H13NO4S2. The zero-order valence-electron chi connectivity index (χ0n) is 12.2. The van der Waals surface area contributed by atoms with Crippen molar-refractivity contribution in [1.29, 1.82) is 0 Å². The number of para-hydroxylation sites is 1. The number of ether oxygens (including phenoxy) is 1. The fourth-order valence-electron chi connectivity index (χ4n) is 2.03. The summed E-state index contributed by atoms with van der Waals surface area (Å²) >= 11 is 1.47. The molecule has 0 unspecified atom stereocenters. The number of carbonyl (C=O) groups is 1. The van der Waals surface area contributed by atoms with Crippen LogP contribution in [-0.4, -0.2) is 25.6 Å². The smallest absolute Gasteiger partial charge is 0.338 e. The van der Waals surface area contributed by atoms with Crippen LogP contribution < -0.4 is 0 Å². The number of thiazole rings is 1. The van der Waals surface area contributed by atoms with Gasteiger partial charge in [-0.05, 0) is 36.4 Å². The van der Waals surface area contributed by atoms with Gasteiger partial charge in [-0.1, -0.05) is 12.1 Å². The molecular weight excluding hydrogens is 334 g/mol. The summed E-state index contributed by atoms with van der Waals surface area (Å²) in [4.78, 5) is 16.6. The molecule has 0 radical (unpaired) electrons. The van der Waals surface area contributed by atoms with Crippen LogP contribution in [0.15, 0.2) is 53.4 Å². The van der Waals surface area contributed by atoms with E-state index in [1.165, 1.54) is 35.6 Å². The van der Waals surface area contributed by atoms with E-state index in [0.717, 1.165) is 16.5 Å². The molecule has 0 aliphatic rings. The van der Waals surface area contributed by atoms with Gasteiger partial charge in [0.2, 0.25) is 0 Å². The Morgan fingerprint density at radius 3 is 2.48 bits per heavy atom. The summed E-state index contributed by atoms with van der Waals surface area (Å²) in [5.74, 6) is -0.510. The SMILES string of the molecule is CS(=O)(=O)c1ccc(C(=O)OCc2nc3ccccc3s2)cc1. The fourth-order valence-corrected chi connectivity index (χ4v) is 3.54. The third-order valence-electron chi connectivity index (χ3n) is 3.18. The maximum atomic E-state index is 12.0. The molecule has 0 bridgehead atoms. The van der Waals surface area contributed by atoms with Crippen molar-refractivity contribution in [1.82, 2.24) is 4.98 Å². The standard InChI is InChI=1S/C16H13NO4S2/c1-23(19,20)12-8-6-11(7-9-12)16(18)21-10-15-17-13-4-2-3-5-14(13)22-15/h2-9H,10H2,1H3. The zero-order valence-corrected chi connectivity index (χ0v) is 13.9. The van der Waals surface area contributed by atoms with E-state index >= 15 is 0 Å². The number of hydrogen-bond acceptors (Lipinski definition) is 6. The Bertz CT molecular complexity index is 926. The normalized spacial score (nSPS) is 11.5. The lowest BCUT2D eigenvalue weighted by molar-refractivity contribution is 0.0472. The Morgan fingerprint density at radius 1 is 1.13 bits per heavy atom. The average Bonchev–Trinajstić information content (AvgIpc) is 2.95. The number of fused-ring (bicyclic) bond motifs is 1. The average molecular weight is 347 g/mol. The Hall–Kier alpha value is -2.25. The Kier molecular flexibility index (Phi) is 4.14. The number of carbonyl (C=O) groups excluding carboxylic acids is 1. The predicted molar refractivity (Wildman–Crippen MR) is 88.3 cm³/mol. The lowest BCUT2D eigenvalue weighted by atomic mass is 10.2. The van der Waals surface area contributed by atoms with Gasteiger partial charge in [0.15, 0.2) is 9.84 Å². The van der Waals surface area contributed by atoms with E-state index in [0.29, 0.717) is 10.6 Å². The van der Waals surface area contributed by atoms with Crippen LogP contribution in [0.5, 0.6) is 0 Å². The van der Waals surface area contributed by atoms with Crippen LogP contribution in [0.2, 0.25) is 0 Å². The highest BCUT2D eigenvalue weighted by Crippen LogP contribution is 2.22. The Labute approximate surface area is 137 Å². The van der Waals surface area contributed by atoms with Crippen LogP contribution in [0.4, 0.5) is 0 Å². The van der Waals surface area contributed by atoms with Gasteiger partial charge >= 0.3 is 5.97 Å². The molecule has 0 spiro atoms. The fraction of sp³-hybridized carbons (Fsp3) is 0.125. The third-order valence-corrected chi connectivity index (χ3v) is 5.32. The van der Waals surface area contributed by atoms with Crippen LogP contribution in [0.25, 0.3) is 10.2 Å². The highest BCUT2D eigenvalue weighted by atomic mass is 32.2. The van der Waals surface area contributed by atoms with Gasteiger partial charge in [-0.15, -0.1) is 11.3 Å². The number of rotatable bonds is 4. The topological polar surface area (TPSA) is 73.3 Å². The van der Waals surface area contributed by atoms with Crippen molar-refractivity contribution in [2.45, 2.75) is 11.5 Å². The van der Waals surface area contributed by atoms with Gasteiger partial charge in [0, 0.05) is 6.26 Å². The molecule has 0 atom stereocenters. The number of hydrogen-bond donors (Lipinski definition) is 0. The maximum Gasteiger partial charge on any atom is 0.338 e. The molecule has 2 aromatic carbocycles. The highest BCUT2D eigenvalue weighted by Gasteiger charge is 2.12. The molecule has 0 saturated carbocycles. The summed E-state index contributed by atoms with van der Waals surface area (Å²) in [5.41, 5.74) is 1.18. The molecule has 3 rings (SSSR count). The van der Waals surface area contributed by atoms with E-state index in [2.05, 4.69) is 4.98 Å². The summed E-state index contributed by atoms with van der Waals surface area (Å²) in [6.07, 6.45) is 1.12. The monoisotopic (exact) mass is 347 g/mol. The summed E-state index contributed by atoms with van der Waals surface area (Å²) in [7, 11) is -3.28. The zero-order chi connectivity index (χ0) is 16.4. The second-order valence-corrected chi connectivity index (χ2v) is 8.08. The molecule has 0 fully saturated rings. The first-order chi connectivity index (χ1) is 10.9. The van der Waals surface area contributed by atoms with Gasteiger partial charge in [0.1, 0.15) is 11.6 Å². The maximum absolute atomic E-state index is 12.0. The van der Waals surface area contributed by atoms with E-state index in [9.17, 15) is 13.2 Å². The molecule has 7 heteroatoms. The number of nitrogens with zero attached hydrogens (tertiary/aromatic N) is 1. The summed E-state index contributed by atoms with van der Waals surface area (Å²) in [6, 6.07) is 13.4. The summed E-state index contributed by atoms with van der Waals surface area (Å²) in [6.45, 7) is 0.0893. The second kappa shape index (κ2) is 6.10.